The Kier molecular flexibility index (Phi) is 5.02. The molecule has 0 aliphatic heterocycles. The topological polar surface area (TPSA) is 43.1 Å². The Labute approximate surface area is 102 Å². The van der Waals surface area contributed by atoms with E-state index in [1.54, 1.807) is 0 Å². The molecule has 0 radical (unpaired) electrons. The van der Waals surface area contributed by atoms with E-state index in [2.05, 4.69) is 0 Å². The van der Waals surface area contributed by atoms with Gasteiger partial charge in [0.1, 0.15) is 5.82 Å². The van der Waals surface area contributed by atoms with Crippen LogP contribution in [0.15, 0.2) is 23.1 Å². The quantitative estimate of drug-likeness (QED) is 0.351. The monoisotopic (exact) mass is 263 g/mol. The van der Waals surface area contributed by atoms with Crippen LogP contribution in [0.25, 0.3) is 0 Å². The van der Waals surface area contributed by atoms with Crippen molar-refractivity contribution < 1.29 is 9.31 Å². The van der Waals surface area contributed by atoms with Gasteiger partial charge in [0, 0.05) is 22.1 Å². The maximum absolute atomic E-state index is 13.1. The molecule has 0 spiro atoms. The second kappa shape index (κ2) is 6.06. The molecule has 0 aliphatic rings. The van der Waals surface area contributed by atoms with Gasteiger partial charge in [-0.05, 0) is 12.5 Å². The SMILES string of the molecule is CC(CCCl)Sc1cc(F)cc([N+](=O)[O-])c1. The summed E-state index contributed by atoms with van der Waals surface area (Å²) in [6.45, 7) is 1.95. The molecule has 6 heteroatoms. The Morgan fingerprint density at radius 2 is 2.25 bits per heavy atom. The number of hydrogen-bond donors (Lipinski definition) is 0. The predicted octanol–water partition coefficient (Wildman–Crippen LogP) is 3.84. The van der Waals surface area contributed by atoms with Gasteiger partial charge >= 0.3 is 0 Å². The molecule has 0 fully saturated rings. The van der Waals surface area contributed by atoms with E-state index >= 15 is 0 Å². The lowest BCUT2D eigenvalue weighted by Gasteiger charge is -2.08. The molecule has 0 amide bonds. The first-order chi connectivity index (χ1) is 7.52. The minimum Gasteiger partial charge on any atom is -0.258 e. The summed E-state index contributed by atoms with van der Waals surface area (Å²) in [6, 6.07) is 3.58. The third-order valence-corrected chi connectivity index (χ3v) is 3.28. The summed E-state index contributed by atoms with van der Waals surface area (Å²) in [4.78, 5) is 10.5. The largest absolute Gasteiger partial charge is 0.273 e. The number of thioether (sulfide) groups is 1. The number of nitrogens with zero attached hydrogens (tertiary/aromatic N) is 1. The summed E-state index contributed by atoms with van der Waals surface area (Å²) in [5.41, 5.74) is -0.222. The van der Waals surface area contributed by atoms with Crippen LogP contribution in [0.5, 0.6) is 0 Å². The summed E-state index contributed by atoms with van der Waals surface area (Å²) in [7, 11) is 0. The molecule has 0 aromatic heterocycles. The third kappa shape index (κ3) is 3.98. The van der Waals surface area contributed by atoms with Crippen LogP contribution in [-0.2, 0) is 0 Å². The molecule has 1 atom stereocenters. The number of alkyl halides is 1. The van der Waals surface area contributed by atoms with Gasteiger partial charge in [0.2, 0.25) is 0 Å². The van der Waals surface area contributed by atoms with Crippen LogP contribution in [0, 0.1) is 15.9 Å². The molecule has 0 saturated carbocycles. The van der Waals surface area contributed by atoms with Crippen molar-refractivity contribution in [2.75, 3.05) is 5.88 Å². The lowest BCUT2D eigenvalue weighted by atomic mass is 10.3. The molecule has 3 nitrogen and oxygen atoms in total. The van der Waals surface area contributed by atoms with Gasteiger partial charge in [0.25, 0.3) is 5.69 Å². The average molecular weight is 264 g/mol. The molecular weight excluding hydrogens is 253 g/mol. The first-order valence-corrected chi connectivity index (χ1v) is 6.12. The van der Waals surface area contributed by atoms with Gasteiger partial charge in [-0.3, -0.25) is 10.1 Å². The number of benzene rings is 1. The highest BCUT2D eigenvalue weighted by atomic mass is 35.5. The average Bonchev–Trinajstić information content (AvgIpc) is 2.16. The third-order valence-electron chi connectivity index (χ3n) is 1.92. The van der Waals surface area contributed by atoms with Crippen LogP contribution < -0.4 is 0 Å². The molecule has 1 unspecified atom stereocenters. The maximum atomic E-state index is 13.1. The Morgan fingerprint density at radius 3 is 2.81 bits per heavy atom. The first kappa shape index (κ1) is 13.3. The normalized spacial score (nSPS) is 12.4. The van der Waals surface area contributed by atoms with Crippen molar-refractivity contribution in [3.05, 3.63) is 34.1 Å². The van der Waals surface area contributed by atoms with Crippen LogP contribution in [-0.4, -0.2) is 16.1 Å². The van der Waals surface area contributed by atoms with Crippen molar-refractivity contribution in [3.8, 4) is 0 Å². The van der Waals surface area contributed by atoms with Crippen LogP contribution in [0.2, 0.25) is 0 Å². The summed E-state index contributed by atoms with van der Waals surface area (Å²) < 4.78 is 13.1. The number of halogens is 2. The van der Waals surface area contributed by atoms with Crippen molar-refractivity contribution in [3.63, 3.8) is 0 Å². The highest BCUT2D eigenvalue weighted by molar-refractivity contribution is 8.00. The second-order valence-corrected chi connectivity index (χ2v) is 5.20. The summed E-state index contributed by atoms with van der Waals surface area (Å²) in [5.74, 6) is -0.0688. The minimum atomic E-state index is -0.598. The van der Waals surface area contributed by atoms with Crippen LogP contribution in [0.4, 0.5) is 10.1 Å². The van der Waals surface area contributed by atoms with Gasteiger partial charge in [-0.15, -0.1) is 23.4 Å². The van der Waals surface area contributed by atoms with Gasteiger partial charge in [-0.25, -0.2) is 4.39 Å². The fraction of sp³-hybridized carbons (Fsp3) is 0.400. The van der Waals surface area contributed by atoms with Gasteiger partial charge in [-0.1, -0.05) is 6.92 Å². The van der Waals surface area contributed by atoms with Crippen molar-refractivity contribution in [2.45, 2.75) is 23.5 Å². The molecule has 0 saturated heterocycles. The number of nitro benzene ring substituents is 1. The molecule has 0 bridgehead atoms. The van der Waals surface area contributed by atoms with Crippen LogP contribution >= 0.6 is 23.4 Å². The summed E-state index contributed by atoms with van der Waals surface area (Å²) >= 11 is 6.96. The molecule has 16 heavy (non-hydrogen) atoms. The van der Waals surface area contributed by atoms with E-state index in [1.165, 1.54) is 23.9 Å². The van der Waals surface area contributed by atoms with E-state index in [-0.39, 0.29) is 10.9 Å². The molecule has 1 rings (SSSR count). The number of nitro groups is 1. The van der Waals surface area contributed by atoms with Crippen LogP contribution in [0.3, 0.4) is 0 Å². The van der Waals surface area contributed by atoms with Crippen LogP contribution in [0.1, 0.15) is 13.3 Å². The van der Waals surface area contributed by atoms with E-state index in [9.17, 15) is 14.5 Å². The van der Waals surface area contributed by atoms with Crippen molar-refractivity contribution in [1.29, 1.82) is 0 Å². The second-order valence-electron chi connectivity index (χ2n) is 3.31. The molecular formula is C10H11ClFNO2S. The zero-order chi connectivity index (χ0) is 12.1. The van der Waals surface area contributed by atoms with Gasteiger partial charge in [0.05, 0.1) is 11.0 Å². The number of rotatable bonds is 5. The Bertz CT molecular complexity index is 389. The van der Waals surface area contributed by atoms with E-state index in [0.29, 0.717) is 10.8 Å². The number of non-ortho nitro benzene ring substituents is 1. The molecule has 0 N–H and O–H groups in total. The fourth-order valence-corrected chi connectivity index (χ4v) is 2.69. The highest BCUT2D eigenvalue weighted by Crippen LogP contribution is 2.29. The Balaban J connectivity index is 2.84. The van der Waals surface area contributed by atoms with Crippen molar-refractivity contribution in [1.82, 2.24) is 0 Å². The Hall–Kier alpha value is -0.810. The van der Waals surface area contributed by atoms with E-state index in [0.717, 1.165) is 12.5 Å². The minimum absolute atomic E-state index is 0.207. The molecule has 1 aromatic carbocycles. The van der Waals surface area contributed by atoms with Crippen molar-refractivity contribution in [2.24, 2.45) is 0 Å². The maximum Gasteiger partial charge on any atom is 0.273 e. The lowest BCUT2D eigenvalue weighted by molar-refractivity contribution is -0.385. The predicted molar refractivity (Wildman–Crippen MR) is 63.7 cm³/mol. The van der Waals surface area contributed by atoms with Gasteiger partial charge in [-0.2, -0.15) is 0 Å². The summed E-state index contributed by atoms with van der Waals surface area (Å²) in [6.07, 6.45) is 0.774. The number of hydrogen-bond acceptors (Lipinski definition) is 3. The smallest absolute Gasteiger partial charge is 0.258 e. The zero-order valence-corrected chi connectivity index (χ0v) is 10.2. The molecule has 0 aliphatic carbocycles. The zero-order valence-electron chi connectivity index (χ0n) is 8.65. The molecule has 88 valence electrons. The highest BCUT2D eigenvalue weighted by Gasteiger charge is 2.12. The van der Waals surface area contributed by atoms with Crippen molar-refractivity contribution >= 4 is 29.1 Å². The van der Waals surface area contributed by atoms with Gasteiger partial charge < -0.3 is 0 Å². The fourth-order valence-electron chi connectivity index (χ4n) is 1.17. The molecule has 1 aromatic rings. The lowest BCUT2D eigenvalue weighted by Crippen LogP contribution is -1.97. The first-order valence-electron chi connectivity index (χ1n) is 4.70. The molecule has 0 heterocycles. The van der Waals surface area contributed by atoms with E-state index in [1.807, 2.05) is 6.92 Å². The summed E-state index contributed by atoms with van der Waals surface area (Å²) in [5, 5.41) is 10.7. The van der Waals surface area contributed by atoms with E-state index < -0.39 is 10.7 Å². The standard InChI is InChI=1S/C10H11ClFNO2S/c1-7(2-3-11)16-10-5-8(12)4-9(6-10)13(14)15/h4-7H,2-3H2,1H3. The van der Waals surface area contributed by atoms with E-state index in [4.69, 9.17) is 11.6 Å². The Morgan fingerprint density at radius 1 is 1.56 bits per heavy atom. The van der Waals surface area contributed by atoms with Gasteiger partial charge in [0.15, 0.2) is 0 Å².